The molecule has 0 aromatic heterocycles. The average molecular weight is 292 g/mol. The second-order valence-corrected chi connectivity index (χ2v) is 5.57. The summed E-state index contributed by atoms with van der Waals surface area (Å²) < 4.78 is 0. The number of amides is 2. The van der Waals surface area contributed by atoms with Gasteiger partial charge < -0.3 is 16.4 Å². The van der Waals surface area contributed by atoms with Gasteiger partial charge in [-0.15, -0.1) is 12.4 Å². The number of hydrogen-bond acceptors (Lipinski definition) is 3. The van der Waals surface area contributed by atoms with E-state index in [1.807, 2.05) is 13.8 Å². The molecule has 112 valence electrons. The molecular formula is C13H26ClN3O2. The van der Waals surface area contributed by atoms with Gasteiger partial charge in [0, 0.05) is 6.04 Å². The fourth-order valence-corrected chi connectivity index (χ4v) is 2.21. The van der Waals surface area contributed by atoms with Gasteiger partial charge in [0.25, 0.3) is 0 Å². The molecule has 4 N–H and O–H groups in total. The van der Waals surface area contributed by atoms with Gasteiger partial charge in [0.15, 0.2) is 0 Å². The van der Waals surface area contributed by atoms with Gasteiger partial charge in [-0.3, -0.25) is 9.59 Å². The first-order chi connectivity index (χ1) is 8.41. The molecule has 1 saturated carbocycles. The summed E-state index contributed by atoms with van der Waals surface area (Å²) in [6.07, 6.45) is 3.36. The highest BCUT2D eigenvalue weighted by atomic mass is 35.5. The maximum atomic E-state index is 11.7. The molecule has 0 aromatic rings. The van der Waals surface area contributed by atoms with Gasteiger partial charge in [0.2, 0.25) is 11.8 Å². The lowest BCUT2D eigenvalue weighted by molar-refractivity contribution is -0.127. The molecule has 1 aliphatic carbocycles. The molecule has 2 amide bonds. The van der Waals surface area contributed by atoms with Crippen molar-refractivity contribution < 1.29 is 9.59 Å². The summed E-state index contributed by atoms with van der Waals surface area (Å²) in [4.78, 5) is 23.2. The first kappa shape index (κ1) is 18.2. The zero-order chi connectivity index (χ0) is 13.7. The van der Waals surface area contributed by atoms with Crippen LogP contribution in [0.4, 0.5) is 0 Å². The van der Waals surface area contributed by atoms with Crippen LogP contribution in [0.1, 0.15) is 40.0 Å². The van der Waals surface area contributed by atoms with Crippen LogP contribution in [0.25, 0.3) is 0 Å². The van der Waals surface area contributed by atoms with E-state index in [4.69, 9.17) is 5.73 Å². The van der Waals surface area contributed by atoms with E-state index in [0.717, 1.165) is 19.3 Å². The molecule has 0 spiro atoms. The summed E-state index contributed by atoms with van der Waals surface area (Å²) in [6.45, 7) is 5.92. The lowest BCUT2D eigenvalue weighted by Gasteiger charge is -2.18. The smallest absolute Gasteiger partial charge is 0.239 e. The van der Waals surface area contributed by atoms with E-state index >= 15 is 0 Å². The largest absolute Gasteiger partial charge is 0.352 e. The predicted octanol–water partition coefficient (Wildman–Crippen LogP) is 0.812. The van der Waals surface area contributed by atoms with Gasteiger partial charge in [-0.25, -0.2) is 0 Å². The van der Waals surface area contributed by atoms with Crippen molar-refractivity contribution in [2.24, 2.45) is 17.6 Å². The Morgan fingerprint density at radius 3 is 2.42 bits per heavy atom. The molecule has 0 heterocycles. The van der Waals surface area contributed by atoms with Crippen LogP contribution in [0.5, 0.6) is 0 Å². The number of nitrogens with one attached hydrogen (secondary N) is 2. The first-order valence-corrected chi connectivity index (χ1v) is 6.74. The quantitative estimate of drug-likeness (QED) is 0.701. The molecule has 0 aromatic carbocycles. The molecule has 5 nitrogen and oxygen atoms in total. The molecule has 3 atom stereocenters. The van der Waals surface area contributed by atoms with Crippen LogP contribution in [-0.2, 0) is 9.59 Å². The molecule has 0 aliphatic heterocycles. The Kier molecular flexibility index (Phi) is 8.02. The van der Waals surface area contributed by atoms with Crippen molar-refractivity contribution in [2.75, 3.05) is 6.54 Å². The van der Waals surface area contributed by atoms with Crippen LogP contribution in [0.3, 0.4) is 0 Å². The zero-order valence-electron chi connectivity index (χ0n) is 11.9. The van der Waals surface area contributed by atoms with Crippen molar-refractivity contribution >= 4 is 24.2 Å². The van der Waals surface area contributed by atoms with E-state index < -0.39 is 6.04 Å². The summed E-state index contributed by atoms with van der Waals surface area (Å²) in [7, 11) is 0. The zero-order valence-corrected chi connectivity index (χ0v) is 12.8. The van der Waals surface area contributed by atoms with E-state index in [1.54, 1.807) is 0 Å². The van der Waals surface area contributed by atoms with Crippen molar-refractivity contribution in [3.05, 3.63) is 0 Å². The van der Waals surface area contributed by atoms with Gasteiger partial charge in [0.1, 0.15) is 0 Å². The van der Waals surface area contributed by atoms with Gasteiger partial charge >= 0.3 is 0 Å². The van der Waals surface area contributed by atoms with Crippen LogP contribution in [-0.4, -0.2) is 30.4 Å². The Hall–Kier alpha value is -0.810. The molecule has 1 fully saturated rings. The summed E-state index contributed by atoms with van der Waals surface area (Å²) >= 11 is 0. The van der Waals surface area contributed by atoms with Crippen LogP contribution in [0.2, 0.25) is 0 Å². The van der Waals surface area contributed by atoms with Crippen LogP contribution in [0, 0.1) is 11.8 Å². The molecule has 19 heavy (non-hydrogen) atoms. The maximum absolute atomic E-state index is 11.7. The molecular weight excluding hydrogens is 266 g/mol. The van der Waals surface area contributed by atoms with Crippen LogP contribution >= 0.6 is 12.4 Å². The molecule has 1 aliphatic rings. The normalized spacial score (nSPS) is 23.6. The molecule has 0 bridgehead atoms. The van der Waals surface area contributed by atoms with Crippen LogP contribution in [0.15, 0.2) is 0 Å². The average Bonchev–Trinajstić information content (AvgIpc) is 2.70. The van der Waals surface area contributed by atoms with E-state index in [0.29, 0.717) is 5.92 Å². The number of nitrogens with two attached hydrogens (primary N) is 1. The maximum Gasteiger partial charge on any atom is 0.239 e. The second kappa shape index (κ2) is 8.38. The standard InChI is InChI=1S/C13H25N3O2.ClH/c1-8(2)12(14)13(18)15-7-11(17)16-10-6-4-5-9(10)3;/h8-10,12H,4-7,14H2,1-3H3,(H,15,18)(H,16,17);1H/t9?,10?,12-;/m0./s1. The molecule has 1 rings (SSSR count). The third-order valence-corrected chi connectivity index (χ3v) is 3.65. The Balaban J connectivity index is 0.00000324. The molecule has 2 unspecified atom stereocenters. The fraction of sp³-hybridized carbons (Fsp3) is 0.846. The summed E-state index contributed by atoms with van der Waals surface area (Å²) in [5.74, 6) is 0.211. The number of carbonyl (C=O) groups excluding carboxylic acids is 2. The van der Waals surface area contributed by atoms with Crippen LogP contribution < -0.4 is 16.4 Å². The number of carbonyl (C=O) groups is 2. The second-order valence-electron chi connectivity index (χ2n) is 5.57. The van der Waals surface area contributed by atoms with E-state index in [-0.39, 0.29) is 42.7 Å². The number of rotatable bonds is 5. The van der Waals surface area contributed by atoms with Crippen molar-refractivity contribution in [2.45, 2.75) is 52.1 Å². The lowest BCUT2D eigenvalue weighted by Crippen LogP contribution is -2.48. The lowest BCUT2D eigenvalue weighted by atomic mass is 10.1. The Morgan fingerprint density at radius 2 is 1.95 bits per heavy atom. The van der Waals surface area contributed by atoms with Gasteiger partial charge in [-0.1, -0.05) is 27.2 Å². The molecule has 6 heteroatoms. The minimum Gasteiger partial charge on any atom is -0.352 e. The van der Waals surface area contributed by atoms with Crippen molar-refractivity contribution in [3.63, 3.8) is 0 Å². The van der Waals surface area contributed by atoms with Gasteiger partial charge in [-0.2, -0.15) is 0 Å². The van der Waals surface area contributed by atoms with Crippen molar-refractivity contribution in [3.8, 4) is 0 Å². The first-order valence-electron chi connectivity index (χ1n) is 6.74. The highest BCUT2D eigenvalue weighted by Crippen LogP contribution is 2.24. The molecule has 0 saturated heterocycles. The molecule has 0 radical (unpaired) electrons. The third kappa shape index (κ3) is 5.78. The SMILES string of the molecule is CC1CCCC1NC(=O)CNC(=O)[C@@H](N)C(C)C.Cl. The van der Waals surface area contributed by atoms with E-state index in [1.165, 1.54) is 0 Å². The van der Waals surface area contributed by atoms with E-state index in [2.05, 4.69) is 17.6 Å². The van der Waals surface area contributed by atoms with Gasteiger partial charge in [0.05, 0.1) is 12.6 Å². The van der Waals surface area contributed by atoms with Crippen molar-refractivity contribution in [1.29, 1.82) is 0 Å². The highest BCUT2D eigenvalue weighted by Gasteiger charge is 2.25. The third-order valence-electron chi connectivity index (χ3n) is 3.65. The number of halogens is 1. The Bertz CT molecular complexity index is 310. The summed E-state index contributed by atoms with van der Waals surface area (Å²) in [5, 5.41) is 5.53. The van der Waals surface area contributed by atoms with E-state index in [9.17, 15) is 9.59 Å². The monoisotopic (exact) mass is 291 g/mol. The Labute approximate surface area is 121 Å². The van der Waals surface area contributed by atoms with Crippen molar-refractivity contribution in [1.82, 2.24) is 10.6 Å². The summed E-state index contributed by atoms with van der Waals surface area (Å²) in [5.41, 5.74) is 5.69. The summed E-state index contributed by atoms with van der Waals surface area (Å²) in [6, 6.07) is -0.295. The van der Waals surface area contributed by atoms with Gasteiger partial charge in [-0.05, 0) is 24.7 Å². The number of hydrogen-bond donors (Lipinski definition) is 3. The topological polar surface area (TPSA) is 84.2 Å². The highest BCUT2D eigenvalue weighted by molar-refractivity contribution is 5.87. The minimum atomic E-state index is -0.553. The Morgan fingerprint density at radius 1 is 1.32 bits per heavy atom. The fourth-order valence-electron chi connectivity index (χ4n) is 2.21. The minimum absolute atomic E-state index is 0. The predicted molar refractivity (Wildman–Crippen MR) is 78.0 cm³/mol.